The average molecular weight is 450 g/mol. The zero-order valence-electron chi connectivity index (χ0n) is 16.7. The van der Waals surface area contributed by atoms with Crippen molar-refractivity contribution < 1.29 is 26.3 Å². The monoisotopic (exact) mass is 450 g/mol. The highest BCUT2D eigenvalue weighted by molar-refractivity contribution is 7.91. The summed E-state index contributed by atoms with van der Waals surface area (Å²) in [5, 5.41) is 0.968. The number of rotatable bonds is 4. The fraction of sp³-hybridized carbons (Fsp3) is 0.250. The van der Waals surface area contributed by atoms with Crippen molar-refractivity contribution in [3.05, 3.63) is 42.2 Å². The molecule has 0 aliphatic rings. The molecular weight excluding hydrogens is 433 g/mol. The second-order valence-electron chi connectivity index (χ2n) is 6.85. The normalized spacial score (nSPS) is 12.6. The fourth-order valence-corrected chi connectivity index (χ4v) is 4.61. The third-order valence-corrected chi connectivity index (χ3v) is 6.79. The number of fused-ring (bicyclic) bond motifs is 2. The van der Waals surface area contributed by atoms with Crippen molar-refractivity contribution >= 4 is 31.8 Å². The summed E-state index contributed by atoms with van der Waals surface area (Å²) >= 11 is 0. The Morgan fingerprint density at radius 2 is 1.87 bits per heavy atom. The summed E-state index contributed by atoms with van der Waals surface area (Å²) in [4.78, 5) is 12.4. The van der Waals surface area contributed by atoms with Gasteiger partial charge in [-0.2, -0.15) is 13.2 Å². The minimum absolute atomic E-state index is 0.0104. The van der Waals surface area contributed by atoms with E-state index in [9.17, 15) is 21.6 Å². The van der Waals surface area contributed by atoms with Crippen molar-refractivity contribution in [2.75, 3.05) is 12.9 Å². The van der Waals surface area contributed by atoms with E-state index in [2.05, 4.69) is 15.0 Å². The Labute approximate surface area is 175 Å². The van der Waals surface area contributed by atoms with Crippen LogP contribution in [0.5, 0.6) is 5.75 Å². The topological polar surface area (TPSA) is 87.0 Å². The molecule has 0 radical (unpaired) electrons. The minimum atomic E-state index is -4.57. The molecule has 0 saturated carbocycles. The number of hydrogen-bond donors (Lipinski definition) is 0. The number of methoxy groups -OCH3 is 1. The molecule has 0 spiro atoms. The van der Waals surface area contributed by atoms with Crippen molar-refractivity contribution in [3.8, 4) is 17.3 Å². The maximum Gasteiger partial charge on any atom is 0.417 e. The first-order chi connectivity index (χ1) is 14.6. The Hall–Kier alpha value is -3.21. The van der Waals surface area contributed by atoms with Crippen molar-refractivity contribution in [1.29, 1.82) is 0 Å². The first-order valence-electron chi connectivity index (χ1n) is 9.16. The van der Waals surface area contributed by atoms with E-state index in [0.29, 0.717) is 16.5 Å². The lowest BCUT2D eigenvalue weighted by molar-refractivity contribution is -0.137. The van der Waals surface area contributed by atoms with Crippen molar-refractivity contribution in [2.24, 2.45) is 7.05 Å². The Morgan fingerprint density at radius 3 is 2.52 bits per heavy atom. The molecule has 4 aromatic rings. The molecule has 0 atom stereocenters. The molecule has 0 saturated heterocycles. The van der Waals surface area contributed by atoms with Crippen LogP contribution >= 0.6 is 0 Å². The van der Waals surface area contributed by atoms with Gasteiger partial charge in [-0.15, -0.1) is 0 Å². The molecule has 4 rings (SSSR count). The number of hydrogen-bond acceptors (Lipinski definition) is 6. The quantitative estimate of drug-likeness (QED) is 0.467. The van der Waals surface area contributed by atoms with Crippen molar-refractivity contribution in [3.63, 3.8) is 0 Å². The predicted octanol–water partition coefficient (Wildman–Crippen LogP) is 4.00. The van der Waals surface area contributed by atoms with Gasteiger partial charge in [0.25, 0.3) is 0 Å². The summed E-state index contributed by atoms with van der Waals surface area (Å²) in [5.74, 6) is 0.452. The molecule has 0 bridgehead atoms. The molecule has 31 heavy (non-hydrogen) atoms. The number of benzene rings is 1. The SMILES string of the molecule is CCS(=O)(=O)c1c(-c2nc3cc(C(F)(F)F)cnc3n2C)ncc2cc(OC)ccc12. The van der Waals surface area contributed by atoms with Crippen LogP contribution in [0.3, 0.4) is 0 Å². The zero-order chi connectivity index (χ0) is 22.6. The summed E-state index contributed by atoms with van der Waals surface area (Å²) in [6.07, 6.45) is -2.37. The van der Waals surface area contributed by atoms with E-state index in [1.807, 2.05) is 0 Å². The number of sulfone groups is 1. The molecule has 11 heteroatoms. The second-order valence-corrected chi connectivity index (χ2v) is 9.07. The molecule has 0 aliphatic heterocycles. The van der Waals surface area contributed by atoms with Crippen LogP contribution in [0.15, 0.2) is 41.6 Å². The van der Waals surface area contributed by atoms with E-state index in [1.54, 1.807) is 25.2 Å². The number of nitrogens with zero attached hydrogens (tertiary/aromatic N) is 4. The predicted molar refractivity (Wildman–Crippen MR) is 109 cm³/mol. The molecule has 7 nitrogen and oxygen atoms in total. The molecule has 0 amide bonds. The van der Waals surface area contributed by atoms with Gasteiger partial charge in [0.05, 0.1) is 18.4 Å². The molecule has 1 aromatic carbocycles. The van der Waals surface area contributed by atoms with Crippen LogP contribution < -0.4 is 4.74 Å². The molecule has 0 fully saturated rings. The third kappa shape index (κ3) is 3.48. The van der Waals surface area contributed by atoms with E-state index >= 15 is 0 Å². The summed E-state index contributed by atoms with van der Waals surface area (Å²) < 4.78 is 71.8. The van der Waals surface area contributed by atoms with Crippen LogP contribution in [0.2, 0.25) is 0 Å². The summed E-state index contributed by atoms with van der Waals surface area (Å²) in [6.45, 7) is 1.51. The number of pyridine rings is 2. The highest BCUT2D eigenvalue weighted by Crippen LogP contribution is 2.36. The average Bonchev–Trinajstić information content (AvgIpc) is 3.07. The lowest BCUT2D eigenvalue weighted by atomic mass is 10.1. The Morgan fingerprint density at radius 1 is 1.13 bits per heavy atom. The maximum absolute atomic E-state index is 13.1. The summed E-state index contributed by atoms with van der Waals surface area (Å²) in [7, 11) is -0.723. The molecule has 0 N–H and O–H groups in total. The fourth-order valence-electron chi connectivity index (χ4n) is 3.36. The zero-order valence-corrected chi connectivity index (χ0v) is 17.5. The highest BCUT2D eigenvalue weighted by atomic mass is 32.2. The molecule has 3 heterocycles. The van der Waals surface area contributed by atoms with E-state index < -0.39 is 21.6 Å². The van der Waals surface area contributed by atoms with Gasteiger partial charge in [0.1, 0.15) is 21.9 Å². The van der Waals surface area contributed by atoms with E-state index in [0.717, 1.165) is 12.3 Å². The number of halogens is 3. The maximum atomic E-state index is 13.1. The smallest absolute Gasteiger partial charge is 0.417 e. The van der Waals surface area contributed by atoms with E-state index in [4.69, 9.17) is 4.74 Å². The number of imidazole rings is 1. The minimum Gasteiger partial charge on any atom is -0.497 e. The number of aryl methyl sites for hydroxylation is 1. The van der Waals surface area contributed by atoms with Gasteiger partial charge in [0.2, 0.25) is 0 Å². The van der Waals surface area contributed by atoms with Gasteiger partial charge in [-0.05, 0) is 24.3 Å². The molecular formula is C20H17F3N4O3S. The molecule has 0 aliphatic carbocycles. The highest BCUT2D eigenvalue weighted by Gasteiger charge is 2.32. The van der Waals surface area contributed by atoms with E-state index in [-0.39, 0.29) is 33.3 Å². The molecule has 162 valence electrons. The van der Waals surface area contributed by atoms with Gasteiger partial charge >= 0.3 is 6.18 Å². The Balaban J connectivity index is 2.05. The van der Waals surface area contributed by atoms with Crippen molar-refractivity contribution in [2.45, 2.75) is 18.0 Å². The first kappa shape index (κ1) is 21.0. The number of alkyl halides is 3. The van der Waals surface area contributed by atoms with Gasteiger partial charge in [-0.25, -0.2) is 18.4 Å². The van der Waals surface area contributed by atoms with Crippen LogP contribution in [0.1, 0.15) is 12.5 Å². The van der Waals surface area contributed by atoms with Crippen LogP contribution in [-0.2, 0) is 23.1 Å². The lowest BCUT2D eigenvalue weighted by Crippen LogP contribution is -2.09. The largest absolute Gasteiger partial charge is 0.497 e. The summed E-state index contributed by atoms with van der Waals surface area (Å²) in [6, 6.07) is 5.79. The van der Waals surface area contributed by atoms with E-state index in [1.165, 1.54) is 24.8 Å². The summed E-state index contributed by atoms with van der Waals surface area (Å²) in [5.41, 5.74) is -0.721. The van der Waals surface area contributed by atoms with Gasteiger partial charge in [0, 0.05) is 30.2 Å². The standard InChI is InChI=1S/C20H17F3N4O3S/c1-4-31(28,29)17-14-6-5-13(30-3)7-11(14)9-24-16(17)19-26-15-8-12(20(21,22)23)10-25-18(15)27(19)2/h5-10H,4H2,1-3H3. The molecule has 0 unspecified atom stereocenters. The first-order valence-corrected chi connectivity index (χ1v) is 10.8. The van der Waals surface area contributed by atoms with Gasteiger partial charge < -0.3 is 9.30 Å². The Bertz CT molecular complexity index is 1430. The third-order valence-electron chi connectivity index (χ3n) is 4.99. The Kier molecular flexibility index (Phi) is 4.88. The number of aromatic nitrogens is 4. The van der Waals surface area contributed by atoms with Crippen LogP contribution in [0.25, 0.3) is 33.5 Å². The number of ether oxygens (including phenoxy) is 1. The lowest BCUT2D eigenvalue weighted by Gasteiger charge is -2.12. The second kappa shape index (κ2) is 7.19. The van der Waals surface area contributed by atoms with Crippen molar-refractivity contribution in [1.82, 2.24) is 19.5 Å². The molecule has 3 aromatic heterocycles. The van der Waals surface area contributed by atoms with Crippen LogP contribution in [-0.4, -0.2) is 40.8 Å². The van der Waals surface area contributed by atoms with Gasteiger partial charge in [-0.3, -0.25) is 4.98 Å². The van der Waals surface area contributed by atoms with Gasteiger partial charge in [0.15, 0.2) is 21.3 Å². The van der Waals surface area contributed by atoms with Crippen LogP contribution in [0, 0.1) is 0 Å². The van der Waals surface area contributed by atoms with Crippen LogP contribution in [0.4, 0.5) is 13.2 Å². The van der Waals surface area contributed by atoms with Gasteiger partial charge in [-0.1, -0.05) is 6.92 Å².